The summed E-state index contributed by atoms with van der Waals surface area (Å²) in [7, 11) is 0. The van der Waals surface area contributed by atoms with Crippen LogP contribution in [0.25, 0.3) is 10.9 Å². The van der Waals surface area contributed by atoms with Crippen LogP contribution in [-0.2, 0) is 20.9 Å². The van der Waals surface area contributed by atoms with Gasteiger partial charge in [-0.2, -0.15) is 0 Å². The van der Waals surface area contributed by atoms with Gasteiger partial charge in [-0.1, -0.05) is 28.9 Å². The number of ether oxygens (including phenoxy) is 1. The Balaban J connectivity index is 1.45. The van der Waals surface area contributed by atoms with Gasteiger partial charge in [-0.05, 0) is 31.5 Å². The Morgan fingerprint density at radius 1 is 1.21 bits per heavy atom. The zero-order valence-corrected chi connectivity index (χ0v) is 16.9. The Kier molecular flexibility index (Phi) is 6.53. The fourth-order valence-electron chi connectivity index (χ4n) is 2.43. The second-order valence-corrected chi connectivity index (χ2v) is 7.50. The van der Waals surface area contributed by atoms with Crippen LogP contribution < -0.4 is 5.32 Å². The van der Waals surface area contributed by atoms with E-state index in [1.807, 2.05) is 31.2 Å². The van der Waals surface area contributed by atoms with Crippen LogP contribution in [0.5, 0.6) is 0 Å². The maximum atomic E-state index is 11.9. The van der Waals surface area contributed by atoms with Gasteiger partial charge >= 0.3 is 5.97 Å². The van der Waals surface area contributed by atoms with Crippen LogP contribution in [0.2, 0.25) is 5.15 Å². The molecule has 0 fully saturated rings. The Hall–Kier alpha value is -2.58. The molecule has 7 nitrogen and oxygen atoms in total. The number of anilines is 1. The number of benzene rings is 1. The smallest absolute Gasteiger partial charge is 0.316 e. The van der Waals surface area contributed by atoms with Crippen molar-refractivity contribution in [3.8, 4) is 0 Å². The third kappa shape index (κ3) is 5.46. The van der Waals surface area contributed by atoms with Crippen LogP contribution in [-0.4, -0.2) is 33.5 Å². The quantitative estimate of drug-likeness (QED) is 0.458. The average molecular weight is 420 g/mol. The maximum absolute atomic E-state index is 11.9. The Morgan fingerprint density at radius 2 is 2.04 bits per heavy atom. The van der Waals surface area contributed by atoms with Crippen LogP contribution in [0.4, 0.5) is 5.82 Å². The van der Waals surface area contributed by atoms with E-state index in [0.29, 0.717) is 22.3 Å². The van der Waals surface area contributed by atoms with Gasteiger partial charge in [0.25, 0.3) is 0 Å². The number of aromatic nitrogens is 2. The molecule has 146 valence electrons. The molecule has 0 saturated heterocycles. The van der Waals surface area contributed by atoms with Crippen LogP contribution in [0, 0.1) is 13.8 Å². The maximum Gasteiger partial charge on any atom is 0.316 e. The fourth-order valence-corrected chi connectivity index (χ4v) is 3.24. The summed E-state index contributed by atoms with van der Waals surface area (Å²) in [4.78, 5) is 28.0. The molecule has 1 amide bonds. The third-order valence-electron chi connectivity index (χ3n) is 3.74. The Labute approximate surface area is 170 Å². The highest BCUT2D eigenvalue weighted by Gasteiger charge is 2.11. The lowest BCUT2D eigenvalue weighted by molar-refractivity contribution is -0.141. The molecular formula is C19H18ClN3O4S. The number of rotatable bonds is 7. The van der Waals surface area contributed by atoms with E-state index in [-0.39, 0.29) is 24.0 Å². The van der Waals surface area contributed by atoms with Crippen molar-refractivity contribution in [2.24, 2.45) is 0 Å². The Bertz CT molecular complexity index is 1020. The normalized spacial score (nSPS) is 10.8. The van der Waals surface area contributed by atoms with E-state index in [1.165, 1.54) is 0 Å². The lowest BCUT2D eigenvalue weighted by Crippen LogP contribution is -2.16. The average Bonchev–Trinajstić information content (AvgIpc) is 3.04. The van der Waals surface area contributed by atoms with Crippen LogP contribution >= 0.6 is 23.4 Å². The van der Waals surface area contributed by atoms with Crippen molar-refractivity contribution in [3.63, 3.8) is 0 Å². The molecule has 3 rings (SSSR count). The molecule has 28 heavy (non-hydrogen) atoms. The number of fused-ring (bicyclic) bond motifs is 1. The van der Waals surface area contributed by atoms with Crippen molar-refractivity contribution >= 4 is 52.0 Å². The van der Waals surface area contributed by atoms with E-state index in [0.717, 1.165) is 28.2 Å². The summed E-state index contributed by atoms with van der Waals surface area (Å²) < 4.78 is 10.1. The molecule has 0 aliphatic heterocycles. The van der Waals surface area contributed by atoms with Gasteiger partial charge in [0, 0.05) is 17.0 Å². The molecule has 1 N–H and O–H groups in total. The first kappa shape index (κ1) is 20.2. The summed E-state index contributed by atoms with van der Waals surface area (Å²) >= 11 is 7.33. The van der Waals surface area contributed by atoms with Crippen LogP contribution in [0.15, 0.2) is 34.9 Å². The molecule has 0 aliphatic rings. The van der Waals surface area contributed by atoms with Crippen molar-refractivity contribution in [1.82, 2.24) is 10.1 Å². The molecule has 0 spiro atoms. The number of halogens is 1. The van der Waals surface area contributed by atoms with Gasteiger partial charge in [-0.3, -0.25) is 9.59 Å². The molecule has 2 heterocycles. The molecule has 0 saturated carbocycles. The molecule has 0 bridgehead atoms. The summed E-state index contributed by atoms with van der Waals surface area (Å²) in [6.07, 6.45) is 0. The highest BCUT2D eigenvalue weighted by Crippen LogP contribution is 2.22. The second-order valence-electron chi connectivity index (χ2n) is 6.16. The van der Waals surface area contributed by atoms with Gasteiger partial charge in [0.2, 0.25) is 5.91 Å². The number of amides is 1. The monoisotopic (exact) mass is 419 g/mol. The van der Waals surface area contributed by atoms with Crippen molar-refractivity contribution in [2.75, 3.05) is 16.8 Å². The number of hydrogen-bond donors (Lipinski definition) is 1. The molecule has 0 unspecified atom stereocenters. The third-order valence-corrected chi connectivity index (χ3v) is 4.97. The minimum atomic E-state index is -0.435. The van der Waals surface area contributed by atoms with E-state index >= 15 is 0 Å². The number of nitrogens with zero attached hydrogens (tertiary/aromatic N) is 2. The number of aryl methyl sites for hydroxylation is 2. The van der Waals surface area contributed by atoms with Gasteiger partial charge in [0.1, 0.15) is 17.5 Å². The first-order valence-electron chi connectivity index (χ1n) is 8.43. The molecule has 3 aromatic rings. The fraction of sp³-hybridized carbons (Fsp3) is 0.263. The number of carbonyl (C=O) groups excluding carboxylic acids is 2. The lowest BCUT2D eigenvalue weighted by Gasteiger charge is -2.08. The van der Waals surface area contributed by atoms with E-state index in [4.69, 9.17) is 20.9 Å². The standard InChI is InChI=1S/C19H18ClN3O4S/c1-11-3-4-13-7-14(19(20)21-15(13)5-11)8-26-18(25)10-28-9-17(24)22-16-6-12(2)27-23-16/h3-7H,8-10H2,1-2H3,(H,22,23,24). The van der Waals surface area contributed by atoms with E-state index < -0.39 is 5.97 Å². The number of esters is 1. The molecular weight excluding hydrogens is 402 g/mol. The topological polar surface area (TPSA) is 94.3 Å². The van der Waals surface area contributed by atoms with Crippen molar-refractivity contribution in [2.45, 2.75) is 20.5 Å². The summed E-state index contributed by atoms with van der Waals surface area (Å²) in [6.45, 7) is 3.74. The Morgan fingerprint density at radius 3 is 2.79 bits per heavy atom. The van der Waals surface area contributed by atoms with E-state index in [9.17, 15) is 9.59 Å². The number of thioether (sulfide) groups is 1. The molecule has 0 aliphatic carbocycles. The predicted octanol–water partition coefficient (Wildman–Crippen LogP) is 3.91. The largest absolute Gasteiger partial charge is 0.460 e. The molecule has 9 heteroatoms. The SMILES string of the molecule is Cc1ccc2cc(COC(=O)CSCC(=O)Nc3cc(C)on3)c(Cl)nc2c1. The number of hydrogen-bond acceptors (Lipinski definition) is 7. The van der Waals surface area contributed by atoms with E-state index in [1.54, 1.807) is 13.0 Å². The zero-order chi connectivity index (χ0) is 20.1. The van der Waals surface area contributed by atoms with Gasteiger partial charge in [-0.15, -0.1) is 11.8 Å². The van der Waals surface area contributed by atoms with Crippen LogP contribution in [0.1, 0.15) is 16.9 Å². The first-order chi connectivity index (χ1) is 13.4. The second kappa shape index (κ2) is 9.07. The minimum Gasteiger partial charge on any atom is -0.460 e. The van der Waals surface area contributed by atoms with Gasteiger partial charge in [0.05, 0.1) is 17.0 Å². The number of nitrogens with one attached hydrogen (secondary N) is 1. The summed E-state index contributed by atoms with van der Waals surface area (Å²) in [5.74, 6) is 0.378. The number of carbonyl (C=O) groups is 2. The zero-order valence-electron chi connectivity index (χ0n) is 15.3. The molecule has 0 radical (unpaired) electrons. The summed E-state index contributed by atoms with van der Waals surface area (Å²) in [5.41, 5.74) is 2.52. The van der Waals surface area contributed by atoms with E-state index in [2.05, 4.69) is 15.5 Å². The van der Waals surface area contributed by atoms with Gasteiger partial charge in [-0.25, -0.2) is 4.98 Å². The lowest BCUT2D eigenvalue weighted by atomic mass is 10.1. The van der Waals surface area contributed by atoms with Gasteiger partial charge in [0.15, 0.2) is 5.82 Å². The highest BCUT2D eigenvalue weighted by molar-refractivity contribution is 8.00. The van der Waals surface area contributed by atoms with Crippen LogP contribution in [0.3, 0.4) is 0 Å². The number of pyridine rings is 1. The first-order valence-corrected chi connectivity index (χ1v) is 9.96. The van der Waals surface area contributed by atoms with Gasteiger partial charge < -0.3 is 14.6 Å². The molecule has 2 aromatic heterocycles. The summed E-state index contributed by atoms with van der Waals surface area (Å²) in [5, 5.41) is 7.48. The molecule has 0 atom stereocenters. The highest BCUT2D eigenvalue weighted by atomic mass is 35.5. The summed E-state index contributed by atoms with van der Waals surface area (Å²) in [6, 6.07) is 9.34. The molecule has 1 aromatic carbocycles. The minimum absolute atomic E-state index is 0.0272. The predicted molar refractivity (Wildman–Crippen MR) is 108 cm³/mol. The van der Waals surface area contributed by atoms with Crippen molar-refractivity contribution in [3.05, 3.63) is 52.4 Å². The van der Waals surface area contributed by atoms with Crippen molar-refractivity contribution in [1.29, 1.82) is 0 Å². The van der Waals surface area contributed by atoms with Crippen molar-refractivity contribution < 1.29 is 18.8 Å².